The summed E-state index contributed by atoms with van der Waals surface area (Å²) in [5.74, 6) is 0.828. The van der Waals surface area contributed by atoms with Gasteiger partial charge in [0.1, 0.15) is 11.4 Å². The number of nitrogens with zero attached hydrogens (tertiary/aromatic N) is 3. The molecule has 0 atom stereocenters. The number of ether oxygens (including phenoxy) is 1. The average Bonchev–Trinajstić information content (AvgIpc) is 2.96. The predicted molar refractivity (Wildman–Crippen MR) is 89.9 cm³/mol. The van der Waals surface area contributed by atoms with Crippen LogP contribution in [0.3, 0.4) is 0 Å². The maximum Gasteiger partial charge on any atom is 0.119 e. The second-order valence-electron chi connectivity index (χ2n) is 4.86. The standard InChI is InChI=1S/C17H17N3OS/c1-12-17(13-4-10-16(22-3)11-5-13)18-19-20(12)14-6-8-15(21-2)9-7-14/h4-11H,1-3H3. The third-order valence-electron chi connectivity index (χ3n) is 3.58. The number of hydrogen-bond donors (Lipinski definition) is 0. The molecule has 1 heterocycles. The van der Waals surface area contributed by atoms with Crippen molar-refractivity contribution in [2.24, 2.45) is 0 Å². The van der Waals surface area contributed by atoms with Crippen molar-refractivity contribution < 1.29 is 4.74 Å². The highest BCUT2D eigenvalue weighted by molar-refractivity contribution is 7.98. The van der Waals surface area contributed by atoms with E-state index in [2.05, 4.69) is 40.8 Å². The summed E-state index contributed by atoms with van der Waals surface area (Å²) in [7, 11) is 1.66. The normalized spacial score (nSPS) is 10.7. The second kappa shape index (κ2) is 6.23. The van der Waals surface area contributed by atoms with Crippen LogP contribution in [0.25, 0.3) is 16.9 Å². The van der Waals surface area contributed by atoms with Gasteiger partial charge in [0.25, 0.3) is 0 Å². The maximum absolute atomic E-state index is 5.18. The van der Waals surface area contributed by atoms with Crippen LogP contribution in [0.4, 0.5) is 0 Å². The van der Waals surface area contributed by atoms with Crippen molar-refractivity contribution in [1.29, 1.82) is 0 Å². The lowest BCUT2D eigenvalue weighted by Crippen LogP contribution is -1.99. The van der Waals surface area contributed by atoms with E-state index in [1.54, 1.807) is 18.9 Å². The molecule has 1 aromatic heterocycles. The highest BCUT2D eigenvalue weighted by Gasteiger charge is 2.12. The number of hydrogen-bond acceptors (Lipinski definition) is 4. The molecule has 0 radical (unpaired) electrons. The summed E-state index contributed by atoms with van der Waals surface area (Å²) < 4.78 is 7.03. The molecule has 0 amide bonds. The van der Waals surface area contributed by atoms with Gasteiger partial charge >= 0.3 is 0 Å². The van der Waals surface area contributed by atoms with Gasteiger partial charge in [0.2, 0.25) is 0 Å². The number of rotatable bonds is 4. The lowest BCUT2D eigenvalue weighted by atomic mass is 10.1. The molecule has 0 saturated carbocycles. The molecule has 3 rings (SSSR count). The predicted octanol–water partition coefficient (Wildman–Crippen LogP) is 3.97. The molecule has 0 aliphatic rings. The van der Waals surface area contributed by atoms with E-state index < -0.39 is 0 Å². The minimum atomic E-state index is 0.828. The molecule has 5 heteroatoms. The van der Waals surface area contributed by atoms with E-state index >= 15 is 0 Å². The topological polar surface area (TPSA) is 39.9 Å². The van der Waals surface area contributed by atoms with Gasteiger partial charge in [0, 0.05) is 10.5 Å². The second-order valence-corrected chi connectivity index (χ2v) is 5.74. The highest BCUT2D eigenvalue weighted by atomic mass is 32.2. The molecule has 0 unspecified atom stereocenters. The zero-order valence-corrected chi connectivity index (χ0v) is 13.6. The van der Waals surface area contributed by atoms with Crippen molar-refractivity contribution >= 4 is 11.8 Å². The van der Waals surface area contributed by atoms with Gasteiger partial charge in [0.05, 0.1) is 18.5 Å². The summed E-state index contributed by atoms with van der Waals surface area (Å²) in [6, 6.07) is 16.2. The van der Waals surface area contributed by atoms with Crippen molar-refractivity contribution in [3.63, 3.8) is 0 Å². The largest absolute Gasteiger partial charge is 0.497 e. The Kier molecular flexibility index (Phi) is 4.15. The summed E-state index contributed by atoms with van der Waals surface area (Å²) in [6.45, 7) is 2.03. The van der Waals surface area contributed by atoms with Crippen molar-refractivity contribution in [2.75, 3.05) is 13.4 Å². The van der Waals surface area contributed by atoms with E-state index in [0.29, 0.717) is 0 Å². The first kappa shape index (κ1) is 14.7. The average molecular weight is 311 g/mol. The van der Waals surface area contributed by atoms with E-state index in [4.69, 9.17) is 4.74 Å². The first-order valence-electron chi connectivity index (χ1n) is 6.94. The van der Waals surface area contributed by atoms with Crippen LogP contribution in [0.5, 0.6) is 5.75 Å². The molecule has 0 bridgehead atoms. The van der Waals surface area contributed by atoms with Crippen LogP contribution < -0.4 is 4.74 Å². The van der Waals surface area contributed by atoms with Gasteiger partial charge in [-0.25, -0.2) is 4.68 Å². The minimum absolute atomic E-state index is 0.828. The van der Waals surface area contributed by atoms with E-state index in [0.717, 1.165) is 28.4 Å². The van der Waals surface area contributed by atoms with Crippen LogP contribution in [0, 0.1) is 6.92 Å². The molecule has 0 aliphatic heterocycles. The van der Waals surface area contributed by atoms with Gasteiger partial charge in [-0.2, -0.15) is 0 Å². The summed E-state index contributed by atoms with van der Waals surface area (Å²) in [5, 5.41) is 8.62. The number of thioether (sulfide) groups is 1. The lowest BCUT2D eigenvalue weighted by Gasteiger charge is -2.05. The zero-order chi connectivity index (χ0) is 15.5. The number of methoxy groups -OCH3 is 1. The Hall–Kier alpha value is -2.27. The Labute approximate surface area is 134 Å². The van der Waals surface area contributed by atoms with Crippen molar-refractivity contribution in [1.82, 2.24) is 15.0 Å². The molecule has 0 saturated heterocycles. The fourth-order valence-electron chi connectivity index (χ4n) is 2.31. The van der Waals surface area contributed by atoms with Crippen LogP contribution in [0.2, 0.25) is 0 Å². The molecular formula is C17H17N3OS. The van der Waals surface area contributed by atoms with Crippen molar-refractivity contribution in [3.05, 3.63) is 54.2 Å². The van der Waals surface area contributed by atoms with Crippen LogP contribution >= 0.6 is 11.8 Å². The molecule has 22 heavy (non-hydrogen) atoms. The van der Waals surface area contributed by atoms with Gasteiger partial charge in [-0.3, -0.25) is 0 Å². The van der Waals surface area contributed by atoms with Crippen LogP contribution in [0.15, 0.2) is 53.4 Å². The molecule has 2 aromatic carbocycles. The van der Waals surface area contributed by atoms with Gasteiger partial charge in [-0.15, -0.1) is 16.9 Å². The summed E-state index contributed by atoms with van der Waals surface area (Å²) in [4.78, 5) is 1.24. The number of benzene rings is 2. The highest BCUT2D eigenvalue weighted by Crippen LogP contribution is 2.25. The Morgan fingerprint density at radius 2 is 1.68 bits per heavy atom. The fraction of sp³-hybridized carbons (Fsp3) is 0.176. The molecule has 3 aromatic rings. The minimum Gasteiger partial charge on any atom is -0.497 e. The van der Waals surface area contributed by atoms with Crippen molar-refractivity contribution in [2.45, 2.75) is 11.8 Å². The fourth-order valence-corrected chi connectivity index (χ4v) is 2.72. The number of aromatic nitrogens is 3. The third kappa shape index (κ3) is 2.72. The first-order valence-corrected chi connectivity index (χ1v) is 8.16. The smallest absolute Gasteiger partial charge is 0.119 e. The molecule has 0 spiro atoms. The maximum atomic E-state index is 5.18. The van der Waals surface area contributed by atoms with Gasteiger partial charge in [-0.05, 0) is 49.6 Å². The zero-order valence-electron chi connectivity index (χ0n) is 12.8. The van der Waals surface area contributed by atoms with Crippen LogP contribution in [-0.2, 0) is 0 Å². The molecule has 0 N–H and O–H groups in total. The SMILES string of the molecule is COc1ccc(-n2nnc(-c3ccc(SC)cc3)c2C)cc1. The van der Waals surface area contributed by atoms with E-state index in [1.807, 2.05) is 35.9 Å². The summed E-state index contributed by atoms with van der Waals surface area (Å²) in [6.07, 6.45) is 2.07. The molecule has 0 aliphatic carbocycles. The Morgan fingerprint density at radius 3 is 2.27 bits per heavy atom. The van der Waals surface area contributed by atoms with Crippen LogP contribution in [0.1, 0.15) is 5.69 Å². The monoisotopic (exact) mass is 311 g/mol. The third-order valence-corrected chi connectivity index (χ3v) is 4.32. The van der Waals surface area contributed by atoms with Crippen molar-refractivity contribution in [3.8, 4) is 22.7 Å². The van der Waals surface area contributed by atoms with E-state index in [-0.39, 0.29) is 0 Å². The van der Waals surface area contributed by atoms with Gasteiger partial charge in [-0.1, -0.05) is 17.3 Å². The van der Waals surface area contributed by atoms with Gasteiger partial charge < -0.3 is 4.74 Å². The Morgan fingerprint density at radius 1 is 1.00 bits per heavy atom. The molecule has 112 valence electrons. The first-order chi connectivity index (χ1) is 10.7. The lowest BCUT2D eigenvalue weighted by molar-refractivity contribution is 0.414. The molecule has 0 fully saturated rings. The summed E-state index contributed by atoms with van der Waals surface area (Å²) >= 11 is 1.73. The Balaban J connectivity index is 1.96. The van der Waals surface area contributed by atoms with E-state index in [9.17, 15) is 0 Å². The summed E-state index contributed by atoms with van der Waals surface area (Å²) in [5.41, 5.74) is 3.97. The quantitative estimate of drug-likeness (QED) is 0.683. The van der Waals surface area contributed by atoms with Crippen LogP contribution in [-0.4, -0.2) is 28.4 Å². The van der Waals surface area contributed by atoms with Gasteiger partial charge in [0.15, 0.2) is 0 Å². The molecule has 4 nitrogen and oxygen atoms in total. The molecular weight excluding hydrogens is 294 g/mol. The Bertz CT molecular complexity index is 699. The van der Waals surface area contributed by atoms with E-state index in [1.165, 1.54) is 4.90 Å².